The van der Waals surface area contributed by atoms with Gasteiger partial charge in [-0.1, -0.05) is 6.42 Å². The smallest absolute Gasteiger partial charge is 0.307 e. The van der Waals surface area contributed by atoms with Crippen molar-refractivity contribution >= 4 is 17.8 Å². The van der Waals surface area contributed by atoms with Gasteiger partial charge in [-0.05, 0) is 19.8 Å². The quantitative estimate of drug-likeness (QED) is 0.729. The maximum absolute atomic E-state index is 12.1. The second-order valence-corrected chi connectivity index (χ2v) is 4.63. The SMILES string of the molecule is CCNC(=O)CN(C)C(=O)C1CCCC1C(=O)O. The van der Waals surface area contributed by atoms with E-state index in [9.17, 15) is 14.4 Å². The number of rotatable bonds is 5. The van der Waals surface area contributed by atoms with E-state index >= 15 is 0 Å². The van der Waals surface area contributed by atoms with Crippen LogP contribution < -0.4 is 5.32 Å². The molecule has 18 heavy (non-hydrogen) atoms. The Kier molecular flexibility index (Phi) is 5.12. The summed E-state index contributed by atoms with van der Waals surface area (Å²) >= 11 is 0. The number of amides is 2. The molecule has 0 bridgehead atoms. The van der Waals surface area contributed by atoms with Crippen LogP contribution in [0.25, 0.3) is 0 Å². The minimum absolute atomic E-state index is 0.0183. The molecule has 6 nitrogen and oxygen atoms in total. The summed E-state index contributed by atoms with van der Waals surface area (Å²) < 4.78 is 0. The number of carboxylic acids is 1. The van der Waals surface area contributed by atoms with Crippen molar-refractivity contribution in [3.63, 3.8) is 0 Å². The number of carbonyl (C=O) groups excluding carboxylic acids is 2. The first kappa shape index (κ1) is 14.5. The van der Waals surface area contributed by atoms with Gasteiger partial charge in [0.25, 0.3) is 0 Å². The summed E-state index contributed by atoms with van der Waals surface area (Å²) in [5.74, 6) is -2.47. The average Bonchev–Trinajstić information content (AvgIpc) is 2.76. The van der Waals surface area contributed by atoms with Crippen molar-refractivity contribution in [2.45, 2.75) is 26.2 Å². The van der Waals surface area contributed by atoms with Crippen LogP contribution >= 0.6 is 0 Å². The van der Waals surface area contributed by atoms with Gasteiger partial charge in [0.1, 0.15) is 0 Å². The van der Waals surface area contributed by atoms with E-state index in [1.54, 1.807) is 6.92 Å². The zero-order valence-electron chi connectivity index (χ0n) is 10.8. The summed E-state index contributed by atoms with van der Waals surface area (Å²) in [5.41, 5.74) is 0. The Hall–Kier alpha value is -1.59. The number of nitrogens with one attached hydrogen (secondary N) is 1. The van der Waals surface area contributed by atoms with Crippen LogP contribution in [0.15, 0.2) is 0 Å². The van der Waals surface area contributed by atoms with Gasteiger partial charge in [-0.15, -0.1) is 0 Å². The van der Waals surface area contributed by atoms with Crippen molar-refractivity contribution < 1.29 is 19.5 Å². The molecule has 1 fully saturated rings. The molecule has 0 heterocycles. The van der Waals surface area contributed by atoms with E-state index in [2.05, 4.69) is 5.32 Å². The first-order chi connectivity index (χ1) is 8.47. The van der Waals surface area contributed by atoms with E-state index in [0.717, 1.165) is 6.42 Å². The molecule has 2 unspecified atom stereocenters. The number of carboxylic acid groups (broad SMARTS) is 1. The molecule has 2 N–H and O–H groups in total. The molecule has 1 saturated carbocycles. The Morgan fingerprint density at radius 3 is 2.44 bits per heavy atom. The third-order valence-corrected chi connectivity index (χ3v) is 3.28. The number of aliphatic carboxylic acids is 1. The van der Waals surface area contributed by atoms with Gasteiger partial charge in [-0.2, -0.15) is 0 Å². The van der Waals surface area contributed by atoms with E-state index in [1.807, 2.05) is 0 Å². The third kappa shape index (κ3) is 3.45. The summed E-state index contributed by atoms with van der Waals surface area (Å²) in [6.07, 6.45) is 1.89. The van der Waals surface area contributed by atoms with Gasteiger partial charge < -0.3 is 15.3 Å². The zero-order chi connectivity index (χ0) is 13.7. The molecule has 0 radical (unpaired) electrons. The molecule has 1 aliphatic rings. The normalized spacial score (nSPS) is 22.6. The van der Waals surface area contributed by atoms with Crippen LogP contribution in [0.3, 0.4) is 0 Å². The standard InChI is InChI=1S/C12H20N2O4/c1-3-13-10(15)7-14(2)11(16)8-5-4-6-9(8)12(17)18/h8-9H,3-7H2,1-2H3,(H,13,15)(H,17,18). The van der Waals surface area contributed by atoms with Crippen molar-refractivity contribution in [3.05, 3.63) is 0 Å². The molecule has 0 aromatic carbocycles. The van der Waals surface area contributed by atoms with E-state index in [4.69, 9.17) is 5.11 Å². The molecule has 2 amide bonds. The molecule has 2 atom stereocenters. The highest BCUT2D eigenvalue weighted by Gasteiger charge is 2.39. The van der Waals surface area contributed by atoms with Gasteiger partial charge in [0.05, 0.1) is 18.4 Å². The van der Waals surface area contributed by atoms with E-state index in [-0.39, 0.29) is 18.4 Å². The molecule has 0 aliphatic heterocycles. The summed E-state index contributed by atoms with van der Waals surface area (Å²) in [5, 5.41) is 11.6. The molecule has 0 spiro atoms. The van der Waals surface area contributed by atoms with Crippen molar-refractivity contribution in [3.8, 4) is 0 Å². The highest BCUT2D eigenvalue weighted by molar-refractivity contribution is 5.88. The van der Waals surface area contributed by atoms with Gasteiger partial charge in [-0.3, -0.25) is 14.4 Å². The van der Waals surface area contributed by atoms with Crippen LogP contribution in [-0.4, -0.2) is 47.9 Å². The summed E-state index contributed by atoms with van der Waals surface area (Å²) in [6, 6.07) is 0. The third-order valence-electron chi connectivity index (χ3n) is 3.28. The first-order valence-corrected chi connectivity index (χ1v) is 6.21. The molecular formula is C12H20N2O4. The van der Waals surface area contributed by atoms with Crippen LogP contribution in [0.2, 0.25) is 0 Å². The fraction of sp³-hybridized carbons (Fsp3) is 0.750. The number of carbonyl (C=O) groups is 3. The van der Waals surface area contributed by atoms with Gasteiger partial charge >= 0.3 is 5.97 Å². The number of hydrogen-bond donors (Lipinski definition) is 2. The predicted molar refractivity (Wildman–Crippen MR) is 64.8 cm³/mol. The maximum atomic E-state index is 12.1. The Bertz CT molecular complexity index is 343. The molecule has 1 aliphatic carbocycles. The van der Waals surface area contributed by atoms with Crippen molar-refractivity contribution in [2.75, 3.05) is 20.1 Å². The van der Waals surface area contributed by atoms with Gasteiger partial charge in [0, 0.05) is 13.6 Å². The zero-order valence-corrected chi connectivity index (χ0v) is 10.8. The van der Waals surface area contributed by atoms with Gasteiger partial charge in [0.15, 0.2) is 0 Å². The Morgan fingerprint density at radius 1 is 1.28 bits per heavy atom. The lowest BCUT2D eigenvalue weighted by Crippen LogP contribution is -2.42. The minimum atomic E-state index is -0.919. The largest absolute Gasteiger partial charge is 0.481 e. The topological polar surface area (TPSA) is 86.7 Å². The second kappa shape index (κ2) is 6.37. The maximum Gasteiger partial charge on any atom is 0.307 e. The Balaban J connectivity index is 2.57. The average molecular weight is 256 g/mol. The number of nitrogens with zero attached hydrogens (tertiary/aromatic N) is 1. The highest BCUT2D eigenvalue weighted by atomic mass is 16.4. The van der Waals surface area contributed by atoms with Crippen molar-refractivity contribution in [2.24, 2.45) is 11.8 Å². The number of likely N-dealkylation sites (N-methyl/N-ethyl adjacent to an activating group) is 2. The van der Waals surface area contributed by atoms with Gasteiger partial charge in [0.2, 0.25) is 11.8 Å². The summed E-state index contributed by atoms with van der Waals surface area (Å²) in [6.45, 7) is 2.30. The van der Waals surface area contributed by atoms with E-state index in [1.165, 1.54) is 11.9 Å². The van der Waals surface area contributed by atoms with E-state index < -0.39 is 17.8 Å². The van der Waals surface area contributed by atoms with Crippen LogP contribution in [0.1, 0.15) is 26.2 Å². The molecule has 0 saturated heterocycles. The molecule has 1 rings (SSSR count). The van der Waals surface area contributed by atoms with E-state index in [0.29, 0.717) is 19.4 Å². The fourth-order valence-corrected chi connectivity index (χ4v) is 2.38. The van der Waals surface area contributed by atoms with Crippen LogP contribution in [-0.2, 0) is 14.4 Å². The van der Waals surface area contributed by atoms with Crippen LogP contribution in [0.5, 0.6) is 0 Å². The van der Waals surface area contributed by atoms with Crippen LogP contribution in [0.4, 0.5) is 0 Å². The molecular weight excluding hydrogens is 236 g/mol. The second-order valence-electron chi connectivity index (χ2n) is 4.63. The lowest BCUT2D eigenvalue weighted by molar-refractivity contribution is -0.149. The molecule has 0 aromatic heterocycles. The minimum Gasteiger partial charge on any atom is -0.481 e. The summed E-state index contributed by atoms with van der Waals surface area (Å²) in [7, 11) is 1.54. The van der Waals surface area contributed by atoms with Crippen LogP contribution in [0, 0.1) is 11.8 Å². The lowest BCUT2D eigenvalue weighted by atomic mass is 9.95. The molecule has 102 valence electrons. The molecule has 0 aromatic rings. The molecule has 6 heteroatoms. The Morgan fingerprint density at radius 2 is 1.89 bits per heavy atom. The first-order valence-electron chi connectivity index (χ1n) is 6.21. The highest BCUT2D eigenvalue weighted by Crippen LogP contribution is 2.33. The number of hydrogen-bond acceptors (Lipinski definition) is 3. The van der Waals surface area contributed by atoms with Crippen molar-refractivity contribution in [1.82, 2.24) is 10.2 Å². The predicted octanol–water partition coefficient (Wildman–Crippen LogP) is 0.0818. The Labute approximate surface area is 106 Å². The van der Waals surface area contributed by atoms with Gasteiger partial charge in [-0.25, -0.2) is 0 Å². The monoisotopic (exact) mass is 256 g/mol. The lowest BCUT2D eigenvalue weighted by Gasteiger charge is -2.22. The van der Waals surface area contributed by atoms with Crippen molar-refractivity contribution in [1.29, 1.82) is 0 Å². The summed E-state index contributed by atoms with van der Waals surface area (Å²) in [4.78, 5) is 35.8. The fourth-order valence-electron chi connectivity index (χ4n) is 2.38.